The van der Waals surface area contributed by atoms with Crippen molar-refractivity contribution >= 4 is 22.6 Å². The number of nitrogens with one attached hydrogen (secondary N) is 1. The molecule has 3 rings (SSSR count). The molecule has 1 atom stereocenters. The van der Waals surface area contributed by atoms with E-state index in [9.17, 15) is 5.11 Å². The highest BCUT2D eigenvalue weighted by molar-refractivity contribution is 6.30. The highest BCUT2D eigenvalue weighted by Gasteiger charge is 2.09. The first kappa shape index (κ1) is 15.0. The third kappa shape index (κ3) is 3.47. The summed E-state index contributed by atoms with van der Waals surface area (Å²) in [5, 5.41) is 19.1. The van der Waals surface area contributed by atoms with E-state index in [1.54, 1.807) is 12.1 Å². The van der Waals surface area contributed by atoms with Crippen LogP contribution in [-0.4, -0.2) is 23.4 Å². The molecular weight excluding hydrogens is 300 g/mol. The monoisotopic (exact) mass is 316 g/mol. The van der Waals surface area contributed by atoms with Gasteiger partial charge in [-0.2, -0.15) is 0 Å². The van der Waals surface area contributed by atoms with Crippen molar-refractivity contribution in [1.29, 1.82) is 0 Å². The number of fused-ring (bicyclic) bond motifs is 1. The van der Waals surface area contributed by atoms with E-state index >= 15 is 0 Å². The van der Waals surface area contributed by atoms with E-state index in [0.717, 1.165) is 28.6 Å². The number of aliphatic hydroxyl groups is 1. The standard InChI is InChI=1S/C17H17ClN2O2/c18-13-5-3-4-12(10-13)16(21)11-19-9-8-15-14-6-1-2-7-17(14)22-20-15/h1-7,10,16,19,21H,8-9,11H2. The Morgan fingerprint density at radius 3 is 2.91 bits per heavy atom. The molecule has 0 aliphatic carbocycles. The van der Waals surface area contributed by atoms with Gasteiger partial charge in [0.1, 0.15) is 0 Å². The van der Waals surface area contributed by atoms with Crippen LogP contribution in [0.3, 0.4) is 0 Å². The first-order valence-electron chi connectivity index (χ1n) is 7.21. The van der Waals surface area contributed by atoms with Crippen LogP contribution in [-0.2, 0) is 6.42 Å². The normalized spacial score (nSPS) is 12.6. The maximum Gasteiger partial charge on any atom is 0.167 e. The van der Waals surface area contributed by atoms with Gasteiger partial charge in [0.05, 0.1) is 11.8 Å². The van der Waals surface area contributed by atoms with Gasteiger partial charge in [-0.05, 0) is 29.8 Å². The van der Waals surface area contributed by atoms with E-state index < -0.39 is 6.10 Å². The van der Waals surface area contributed by atoms with Crippen molar-refractivity contribution in [1.82, 2.24) is 10.5 Å². The van der Waals surface area contributed by atoms with Crippen LogP contribution in [0, 0.1) is 0 Å². The largest absolute Gasteiger partial charge is 0.387 e. The van der Waals surface area contributed by atoms with Gasteiger partial charge in [-0.1, -0.05) is 41.0 Å². The average Bonchev–Trinajstić information content (AvgIpc) is 2.95. The molecule has 4 nitrogen and oxygen atoms in total. The third-order valence-electron chi connectivity index (χ3n) is 3.56. The molecule has 1 aromatic heterocycles. The molecule has 1 heterocycles. The number of para-hydroxylation sites is 1. The summed E-state index contributed by atoms with van der Waals surface area (Å²) < 4.78 is 5.27. The summed E-state index contributed by atoms with van der Waals surface area (Å²) in [6, 6.07) is 15.1. The van der Waals surface area contributed by atoms with Gasteiger partial charge in [0.25, 0.3) is 0 Å². The maximum atomic E-state index is 10.1. The molecule has 2 aromatic carbocycles. The number of aromatic nitrogens is 1. The number of benzene rings is 2. The van der Waals surface area contributed by atoms with Crippen molar-refractivity contribution in [3.63, 3.8) is 0 Å². The first-order chi connectivity index (χ1) is 10.7. The quantitative estimate of drug-likeness (QED) is 0.685. The van der Waals surface area contributed by atoms with Gasteiger partial charge in [0.2, 0.25) is 0 Å². The first-order valence-corrected chi connectivity index (χ1v) is 7.59. The number of nitrogens with zero attached hydrogens (tertiary/aromatic N) is 1. The lowest BCUT2D eigenvalue weighted by molar-refractivity contribution is 0.175. The minimum absolute atomic E-state index is 0.468. The molecule has 5 heteroatoms. The lowest BCUT2D eigenvalue weighted by Crippen LogP contribution is -2.23. The minimum atomic E-state index is -0.576. The van der Waals surface area contributed by atoms with Gasteiger partial charge in [-0.15, -0.1) is 0 Å². The second-order valence-corrected chi connectivity index (χ2v) is 5.59. The predicted molar refractivity (Wildman–Crippen MR) is 87.0 cm³/mol. The number of rotatable bonds is 6. The highest BCUT2D eigenvalue weighted by Crippen LogP contribution is 2.18. The molecule has 3 aromatic rings. The van der Waals surface area contributed by atoms with Gasteiger partial charge in [-0.3, -0.25) is 0 Å². The zero-order valence-corrected chi connectivity index (χ0v) is 12.8. The number of aliphatic hydroxyl groups excluding tert-OH is 1. The van der Waals surface area contributed by atoms with Gasteiger partial charge in [0, 0.05) is 29.9 Å². The smallest absolute Gasteiger partial charge is 0.167 e. The summed E-state index contributed by atoms with van der Waals surface area (Å²) in [6.07, 6.45) is 0.173. The van der Waals surface area contributed by atoms with Crippen molar-refractivity contribution in [2.24, 2.45) is 0 Å². The Bertz CT molecular complexity index is 757. The van der Waals surface area contributed by atoms with E-state index in [1.165, 1.54) is 0 Å². The van der Waals surface area contributed by atoms with Gasteiger partial charge < -0.3 is 14.9 Å². The summed E-state index contributed by atoms with van der Waals surface area (Å²) in [5.74, 6) is 0. The SMILES string of the molecule is OC(CNCCc1noc2ccccc12)c1cccc(Cl)c1. The van der Waals surface area contributed by atoms with Crippen LogP contribution in [0.25, 0.3) is 11.0 Å². The molecule has 1 unspecified atom stereocenters. The predicted octanol–water partition coefficient (Wildman–Crippen LogP) is 3.35. The summed E-state index contributed by atoms with van der Waals surface area (Å²) in [7, 11) is 0. The Morgan fingerprint density at radius 2 is 2.05 bits per heavy atom. The number of halogens is 1. The molecule has 0 amide bonds. The molecule has 0 radical (unpaired) electrons. The van der Waals surface area contributed by atoms with E-state index in [2.05, 4.69) is 10.5 Å². The number of hydrogen-bond donors (Lipinski definition) is 2. The zero-order valence-electron chi connectivity index (χ0n) is 12.0. The zero-order chi connectivity index (χ0) is 15.4. The molecule has 114 valence electrons. The van der Waals surface area contributed by atoms with Crippen LogP contribution in [0.2, 0.25) is 5.02 Å². The Hall–Kier alpha value is -1.88. The van der Waals surface area contributed by atoms with E-state index in [4.69, 9.17) is 16.1 Å². The molecule has 0 bridgehead atoms. The molecular formula is C17H17ClN2O2. The molecule has 22 heavy (non-hydrogen) atoms. The van der Waals surface area contributed by atoms with E-state index in [1.807, 2.05) is 36.4 Å². The Labute approximate surface area is 133 Å². The number of hydrogen-bond acceptors (Lipinski definition) is 4. The Kier molecular flexibility index (Phi) is 4.73. The topological polar surface area (TPSA) is 58.3 Å². The van der Waals surface area contributed by atoms with E-state index in [0.29, 0.717) is 18.1 Å². The van der Waals surface area contributed by atoms with Crippen LogP contribution in [0.15, 0.2) is 53.1 Å². The van der Waals surface area contributed by atoms with Gasteiger partial charge >= 0.3 is 0 Å². The average molecular weight is 317 g/mol. The second kappa shape index (κ2) is 6.92. The van der Waals surface area contributed by atoms with Crippen LogP contribution in [0.1, 0.15) is 17.4 Å². The second-order valence-electron chi connectivity index (χ2n) is 5.15. The highest BCUT2D eigenvalue weighted by atomic mass is 35.5. The fourth-order valence-electron chi connectivity index (χ4n) is 2.40. The van der Waals surface area contributed by atoms with Crippen molar-refractivity contribution < 1.29 is 9.63 Å². The van der Waals surface area contributed by atoms with Crippen molar-refractivity contribution in [3.8, 4) is 0 Å². The molecule has 0 saturated heterocycles. The van der Waals surface area contributed by atoms with Crippen LogP contribution in [0.5, 0.6) is 0 Å². The van der Waals surface area contributed by atoms with E-state index in [-0.39, 0.29) is 0 Å². The van der Waals surface area contributed by atoms with Gasteiger partial charge in [-0.25, -0.2) is 0 Å². The summed E-state index contributed by atoms with van der Waals surface area (Å²) in [6.45, 7) is 1.18. The summed E-state index contributed by atoms with van der Waals surface area (Å²) in [5.41, 5.74) is 2.55. The molecule has 0 saturated carbocycles. The lowest BCUT2D eigenvalue weighted by atomic mass is 10.1. The van der Waals surface area contributed by atoms with Gasteiger partial charge in [0.15, 0.2) is 5.58 Å². The van der Waals surface area contributed by atoms with Crippen LogP contribution < -0.4 is 5.32 Å². The third-order valence-corrected chi connectivity index (χ3v) is 3.80. The van der Waals surface area contributed by atoms with Crippen LogP contribution in [0.4, 0.5) is 0 Å². The molecule has 2 N–H and O–H groups in total. The van der Waals surface area contributed by atoms with Crippen molar-refractivity contribution in [2.45, 2.75) is 12.5 Å². The summed E-state index contributed by atoms with van der Waals surface area (Å²) in [4.78, 5) is 0. The minimum Gasteiger partial charge on any atom is -0.387 e. The Balaban J connectivity index is 1.51. The molecule has 0 spiro atoms. The molecule has 0 aliphatic rings. The van der Waals surface area contributed by atoms with Crippen molar-refractivity contribution in [3.05, 3.63) is 64.8 Å². The lowest BCUT2D eigenvalue weighted by Gasteiger charge is -2.12. The fourth-order valence-corrected chi connectivity index (χ4v) is 2.59. The van der Waals surface area contributed by atoms with Crippen molar-refractivity contribution in [2.75, 3.05) is 13.1 Å². The molecule has 0 aliphatic heterocycles. The van der Waals surface area contributed by atoms with Crippen LogP contribution >= 0.6 is 11.6 Å². The molecule has 0 fully saturated rings. The Morgan fingerprint density at radius 1 is 1.18 bits per heavy atom. The summed E-state index contributed by atoms with van der Waals surface area (Å²) >= 11 is 5.92. The fraction of sp³-hybridized carbons (Fsp3) is 0.235. The maximum absolute atomic E-state index is 10.1.